The summed E-state index contributed by atoms with van der Waals surface area (Å²) in [4.78, 5) is 26.3. The minimum Gasteiger partial charge on any atom is -0.465 e. The second kappa shape index (κ2) is 8.11. The molecule has 1 aromatic carbocycles. The molecule has 0 aromatic heterocycles. The van der Waals surface area contributed by atoms with Gasteiger partial charge in [-0.1, -0.05) is 12.1 Å². The molecule has 1 aromatic rings. The van der Waals surface area contributed by atoms with Crippen molar-refractivity contribution in [3.05, 3.63) is 46.7 Å². The molecule has 0 saturated heterocycles. The predicted octanol–water partition coefficient (Wildman–Crippen LogP) is 2.13. The van der Waals surface area contributed by atoms with Gasteiger partial charge in [0.25, 0.3) is 5.91 Å². The third-order valence-electron chi connectivity index (χ3n) is 4.22. The third-order valence-corrected chi connectivity index (χ3v) is 4.44. The number of carbonyl (C=O) groups excluding carboxylic acids is 2. The molecule has 0 fully saturated rings. The lowest BCUT2D eigenvalue weighted by atomic mass is 9.94. The van der Waals surface area contributed by atoms with Gasteiger partial charge in [0.05, 0.1) is 24.3 Å². The number of amides is 1. The van der Waals surface area contributed by atoms with Crippen molar-refractivity contribution in [2.45, 2.75) is 26.8 Å². The molecule has 1 aliphatic rings. The van der Waals surface area contributed by atoms with E-state index < -0.39 is 5.97 Å². The van der Waals surface area contributed by atoms with Gasteiger partial charge in [0.1, 0.15) is 0 Å². The van der Waals surface area contributed by atoms with Crippen molar-refractivity contribution in [3.63, 3.8) is 0 Å². The van der Waals surface area contributed by atoms with Gasteiger partial charge in [-0.05, 0) is 50.7 Å². The Morgan fingerprint density at radius 3 is 2.32 bits per heavy atom. The summed E-state index contributed by atoms with van der Waals surface area (Å²) in [6, 6.07) is 6.61. The standard InChI is InChI=1S/C18H23N3O3S/c1-5-21(6-2)16(22)14-11(3)19-18(25)20-15(14)12-7-9-13(10-8-12)17(23)24-4/h7-10,15H,5-6H2,1-4H3,(H2,19,20,25)/t15-/m1/s1. The van der Waals surface area contributed by atoms with Crippen LogP contribution in [0.5, 0.6) is 0 Å². The Hall–Kier alpha value is -2.41. The second-order valence-electron chi connectivity index (χ2n) is 5.66. The molecule has 25 heavy (non-hydrogen) atoms. The monoisotopic (exact) mass is 361 g/mol. The highest BCUT2D eigenvalue weighted by Gasteiger charge is 2.31. The van der Waals surface area contributed by atoms with Crippen LogP contribution in [0, 0.1) is 0 Å². The van der Waals surface area contributed by atoms with Crippen LogP contribution in [0.1, 0.15) is 42.7 Å². The van der Waals surface area contributed by atoms with Gasteiger partial charge < -0.3 is 20.3 Å². The Bertz CT molecular complexity index is 709. The summed E-state index contributed by atoms with van der Waals surface area (Å²) in [6.07, 6.45) is 0. The van der Waals surface area contributed by atoms with Gasteiger partial charge in [-0.3, -0.25) is 4.79 Å². The van der Waals surface area contributed by atoms with E-state index in [0.717, 1.165) is 11.3 Å². The van der Waals surface area contributed by atoms with Gasteiger partial charge >= 0.3 is 5.97 Å². The molecular weight excluding hydrogens is 338 g/mol. The van der Waals surface area contributed by atoms with Crippen LogP contribution in [-0.4, -0.2) is 42.1 Å². The number of methoxy groups -OCH3 is 1. The molecule has 0 saturated carbocycles. The molecule has 0 unspecified atom stereocenters. The number of allylic oxidation sites excluding steroid dienone is 1. The average molecular weight is 361 g/mol. The van der Waals surface area contributed by atoms with E-state index in [-0.39, 0.29) is 11.9 Å². The number of likely N-dealkylation sites (N-methyl/N-ethyl adjacent to an activating group) is 1. The zero-order chi connectivity index (χ0) is 18.6. The number of thiocarbonyl (C=S) groups is 1. The molecule has 1 aliphatic heterocycles. The van der Waals surface area contributed by atoms with Crippen LogP contribution in [0.25, 0.3) is 0 Å². The summed E-state index contributed by atoms with van der Waals surface area (Å²) in [5, 5.41) is 6.66. The normalized spacial score (nSPS) is 16.8. The van der Waals surface area contributed by atoms with Crippen molar-refractivity contribution in [3.8, 4) is 0 Å². The first-order valence-corrected chi connectivity index (χ1v) is 8.59. The molecule has 134 valence electrons. The Morgan fingerprint density at radius 1 is 1.20 bits per heavy atom. The Kier molecular flexibility index (Phi) is 6.14. The van der Waals surface area contributed by atoms with Gasteiger partial charge in [-0.15, -0.1) is 0 Å². The van der Waals surface area contributed by atoms with E-state index in [0.29, 0.717) is 29.3 Å². The van der Waals surface area contributed by atoms with Crippen LogP contribution in [0.3, 0.4) is 0 Å². The van der Waals surface area contributed by atoms with E-state index >= 15 is 0 Å². The van der Waals surface area contributed by atoms with Gasteiger partial charge in [0.2, 0.25) is 0 Å². The van der Waals surface area contributed by atoms with E-state index in [1.165, 1.54) is 7.11 Å². The van der Waals surface area contributed by atoms with Gasteiger partial charge in [-0.25, -0.2) is 4.79 Å². The summed E-state index contributed by atoms with van der Waals surface area (Å²) in [7, 11) is 1.34. The van der Waals surface area contributed by atoms with Gasteiger partial charge in [-0.2, -0.15) is 0 Å². The van der Waals surface area contributed by atoms with E-state index in [9.17, 15) is 9.59 Å². The number of esters is 1. The number of hydrogen-bond acceptors (Lipinski definition) is 4. The molecule has 2 N–H and O–H groups in total. The maximum Gasteiger partial charge on any atom is 0.337 e. The first kappa shape index (κ1) is 18.9. The van der Waals surface area contributed by atoms with E-state index in [4.69, 9.17) is 17.0 Å². The van der Waals surface area contributed by atoms with Crippen molar-refractivity contribution in [2.24, 2.45) is 0 Å². The molecule has 2 rings (SSSR count). The van der Waals surface area contributed by atoms with Crippen LogP contribution in [0.2, 0.25) is 0 Å². The first-order valence-electron chi connectivity index (χ1n) is 8.18. The van der Waals surface area contributed by atoms with Gasteiger partial charge in [0.15, 0.2) is 5.11 Å². The van der Waals surface area contributed by atoms with E-state index in [1.54, 1.807) is 29.2 Å². The molecule has 7 heteroatoms. The molecular formula is C18H23N3O3S. The fourth-order valence-electron chi connectivity index (χ4n) is 2.84. The summed E-state index contributed by atoms with van der Waals surface area (Å²) in [5.74, 6) is -0.432. The molecule has 1 atom stereocenters. The van der Waals surface area contributed by atoms with Crippen LogP contribution >= 0.6 is 12.2 Å². The lowest BCUT2D eigenvalue weighted by molar-refractivity contribution is -0.127. The SMILES string of the molecule is CCN(CC)C(=O)C1=C(C)NC(=S)N[C@@H]1c1ccc(C(=O)OC)cc1. The van der Waals surface area contributed by atoms with E-state index in [1.807, 2.05) is 20.8 Å². The number of ether oxygens (including phenoxy) is 1. The Labute approximate surface area is 153 Å². The lowest BCUT2D eigenvalue weighted by Gasteiger charge is -2.33. The summed E-state index contributed by atoms with van der Waals surface area (Å²) < 4.78 is 4.72. The van der Waals surface area contributed by atoms with Crippen molar-refractivity contribution in [2.75, 3.05) is 20.2 Å². The molecule has 0 radical (unpaired) electrons. The topological polar surface area (TPSA) is 70.7 Å². The highest BCUT2D eigenvalue weighted by Crippen LogP contribution is 2.28. The number of nitrogens with one attached hydrogen (secondary N) is 2. The third kappa shape index (κ3) is 3.99. The zero-order valence-electron chi connectivity index (χ0n) is 14.9. The summed E-state index contributed by atoms with van der Waals surface area (Å²) >= 11 is 5.25. The Morgan fingerprint density at radius 2 is 1.80 bits per heavy atom. The summed E-state index contributed by atoms with van der Waals surface area (Å²) in [5.41, 5.74) is 2.68. The molecule has 0 aliphatic carbocycles. The molecule has 0 bridgehead atoms. The van der Waals surface area contributed by atoms with Crippen LogP contribution in [0.15, 0.2) is 35.5 Å². The lowest BCUT2D eigenvalue weighted by Crippen LogP contribution is -2.47. The predicted molar refractivity (Wildman–Crippen MR) is 100 cm³/mol. The fourth-order valence-corrected chi connectivity index (χ4v) is 3.11. The van der Waals surface area contributed by atoms with Crippen LogP contribution in [-0.2, 0) is 9.53 Å². The average Bonchev–Trinajstić information content (AvgIpc) is 2.61. The van der Waals surface area contributed by atoms with Gasteiger partial charge in [0, 0.05) is 18.8 Å². The number of hydrogen-bond donors (Lipinski definition) is 2. The van der Waals surface area contributed by atoms with E-state index in [2.05, 4.69) is 10.6 Å². The first-order chi connectivity index (χ1) is 11.9. The molecule has 6 nitrogen and oxygen atoms in total. The number of nitrogens with zero attached hydrogens (tertiary/aromatic N) is 1. The molecule has 1 heterocycles. The fraction of sp³-hybridized carbons (Fsp3) is 0.389. The minimum absolute atomic E-state index is 0.0351. The van der Waals surface area contributed by atoms with Crippen molar-refractivity contribution >= 4 is 29.2 Å². The summed E-state index contributed by atoms with van der Waals surface area (Å²) in [6.45, 7) is 7.01. The second-order valence-corrected chi connectivity index (χ2v) is 6.07. The van der Waals surface area contributed by atoms with Crippen LogP contribution in [0.4, 0.5) is 0 Å². The number of rotatable bonds is 5. The minimum atomic E-state index is -0.397. The molecule has 1 amide bonds. The highest BCUT2D eigenvalue weighted by molar-refractivity contribution is 7.80. The largest absolute Gasteiger partial charge is 0.465 e. The van der Waals surface area contributed by atoms with Crippen molar-refractivity contribution in [1.82, 2.24) is 15.5 Å². The molecule has 0 spiro atoms. The maximum atomic E-state index is 13.0. The quantitative estimate of drug-likeness (QED) is 0.618. The smallest absolute Gasteiger partial charge is 0.337 e. The Balaban J connectivity index is 2.42. The van der Waals surface area contributed by atoms with Crippen LogP contribution < -0.4 is 10.6 Å². The maximum absolute atomic E-state index is 13.0. The number of benzene rings is 1. The number of carbonyl (C=O) groups is 2. The highest BCUT2D eigenvalue weighted by atomic mass is 32.1. The van der Waals surface area contributed by atoms with Crippen molar-refractivity contribution < 1.29 is 14.3 Å². The van der Waals surface area contributed by atoms with Crippen molar-refractivity contribution in [1.29, 1.82) is 0 Å². The zero-order valence-corrected chi connectivity index (χ0v) is 15.7.